The molecule has 0 unspecified atom stereocenters. The van der Waals surface area contributed by atoms with Crippen LogP contribution in [0.3, 0.4) is 0 Å². The number of anilines is 2. The van der Waals surface area contributed by atoms with Crippen molar-refractivity contribution in [1.29, 1.82) is 0 Å². The Bertz CT molecular complexity index is 758. The highest BCUT2D eigenvalue weighted by Crippen LogP contribution is 2.16. The summed E-state index contributed by atoms with van der Waals surface area (Å²) in [6.45, 7) is 6.64. The topological polar surface area (TPSA) is 79.5 Å². The Morgan fingerprint density at radius 3 is 2.44 bits per heavy atom. The van der Waals surface area contributed by atoms with Gasteiger partial charge in [-0.15, -0.1) is 0 Å². The van der Waals surface area contributed by atoms with Crippen LogP contribution in [0.25, 0.3) is 0 Å². The highest BCUT2D eigenvalue weighted by atomic mass is 16.5. The lowest BCUT2D eigenvalue weighted by molar-refractivity contribution is -0.114. The number of benzene rings is 2. The Labute approximate surface area is 160 Å². The lowest BCUT2D eigenvalue weighted by Gasteiger charge is -2.11. The standard InChI is InChI=1S/C21H27N3O3/c1-4-12-27-19-10-8-17(9-11-19)24-20(25)14-22-18-7-5-6-16(13-18)21(26)23-15(2)3/h5-11,13,15,22H,4,12,14H2,1-3H3,(H,23,26)(H,24,25). The number of carbonyl (C=O) groups excluding carboxylic acids is 2. The van der Waals surface area contributed by atoms with Crippen LogP contribution in [0.2, 0.25) is 0 Å². The molecule has 2 rings (SSSR count). The molecule has 0 aromatic heterocycles. The van der Waals surface area contributed by atoms with E-state index < -0.39 is 0 Å². The SMILES string of the molecule is CCCOc1ccc(NC(=O)CNc2cccc(C(=O)NC(C)C)c2)cc1. The van der Waals surface area contributed by atoms with E-state index in [0.717, 1.165) is 12.2 Å². The minimum atomic E-state index is -0.172. The summed E-state index contributed by atoms with van der Waals surface area (Å²) >= 11 is 0. The van der Waals surface area contributed by atoms with E-state index in [9.17, 15) is 9.59 Å². The quantitative estimate of drug-likeness (QED) is 0.630. The molecule has 0 radical (unpaired) electrons. The van der Waals surface area contributed by atoms with Crippen LogP contribution >= 0.6 is 0 Å². The molecule has 0 saturated heterocycles. The van der Waals surface area contributed by atoms with Crippen LogP contribution in [0.4, 0.5) is 11.4 Å². The molecule has 0 atom stereocenters. The first-order valence-corrected chi connectivity index (χ1v) is 9.15. The molecule has 0 heterocycles. The largest absolute Gasteiger partial charge is 0.494 e. The number of hydrogen-bond acceptors (Lipinski definition) is 4. The summed E-state index contributed by atoms with van der Waals surface area (Å²) in [4.78, 5) is 24.2. The number of rotatable bonds is 9. The molecule has 2 aromatic rings. The first kappa shape index (κ1) is 20.3. The first-order valence-electron chi connectivity index (χ1n) is 9.15. The van der Waals surface area contributed by atoms with Gasteiger partial charge in [0.05, 0.1) is 13.2 Å². The second-order valence-electron chi connectivity index (χ2n) is 6.48. The van der Waals surface area contributed by atoms with Gasteiger partial charge in [0.2, 0.25) is 5.91 Å². The van der Waals surface area contributed by atoms with Crippen molar-refractivity contribution in [2.75, 3.05) is 23.8 Å². The maximum Gasteiger partial charge on any atom is 0.251 e. The molecule has 2 amide bonds. The van der Waals surface area contributed by atoms with Gasteiger partial charge in [-0.1, -0.05) is 13.0 Å². The van der Waals surface area contributed by atoms with Crippen molar-refractivity contribution in [2.45, 2.75) is 33.2 Å². The van der Waals surface area contributed by atoms with Crippen molar-refractivity contribution in [3.8, 4) is 5.75 Å². The van der Waals surface area contributed by atoms with Crippen molar-refractivity contribution >= 4 is 23.2 Å². The molecule has 2 aromatic carbocycles. The van der Waals surface area contributed by atoms with Crippen LogP contribution in [0.15, 0.2) is 48.5 Å². The van der Waals surface area contributed by atoms with Crippen molar-refractivity contribution < 1.29 is 14.3 Å². The highest BCUT2D eigenvalue weighted by molar-refractivity contribution is 5.96. The van der Waals surface area contributed by atoms with Gasteiger partial charge in [0, 0.05) is 23.0 Å². The van der Waals surface area contributed by atoms with Crippen LogP contribution in [0, 0.1) is 0 Å². The third-order valence-electron chi connectivity index (χ3n) is 3.61. The molecule has 6 nitrogen and oxygen atoms in total. The van der Waals surface area contributed by atoms with Gasteiger partial charge in [-0.2, -0.15) is 0 Å². The van der Waals surface area contributed by atoms with E-state index in [4.69, 9.17) is 4.74 Å². The number of nitrogens with one attached hydrogen (secondary N) is 3. The molecule has 0 bridgehead atoms. The van der Waals surface area contributed by atoms with Gasteiger partial charge in [0.25, 0.3) is 5.91 Å². The lowest BCUT2D eigenvalue weighted by Crippen LogP contribution is -2.30. The third kappa shape index (κ3) is 7.01. The van der Waals surface area contributed by atoms with Crippen LogP contribution in [-0.4, -0.2) is 31.0 Å². The zero-order valence-corrected chi connectivity index (χ0v) is 16.0. The summed E-state index contributed by atoms with van der Waals surface area (Å²) in [6, 6.07) is 14.4. The van der Waals surface area contributed by atoms with E-state index in [2.05, 4.69) is 16.0 Å². The zero-order chi connectivity index (χ0) is 19.6. The molecule has 6 heteroatoms. The summed E-state index contributed by atoms with van der Waals surface area (Å²) in [5.74, 6) is 0.474. The van der Waals surface area contributed by atoms with Crippen molar-refractivity contribution in [3.05, 3.63) is 54.1 Å². The van der Waals surface area contributed by atoms with Crippen molar-refractivity contribution in [1.82, 2.24) is 5.32 Å². The second-order valence-corrected chi connectivity index (χ2v) is 6.48. The molecule has 0 aliphatic rings. The van der Waals surface area contributed by atoms with E-state index in [0.29, 0.717) is 23.5 Å². The molecular formula is C21H27N3O3. The predicted octanol–water partition coefficient (Wildman–Crippen LogP) is 3.66. The smallest absolute Gasteiger partial charge is 0.251 e. The summed E-state index contributed by atoms with van der Waals surface area (Å²) < 4.78 is 5.52. The maximum atomic E-state index is 12.1. The Morgan fingerprint density at radius 1 is 1.04 bits per heavy atom. The summed E-state index contributed by atoms with van der Waals surface area (Å²) in [7, 11) is 0. The molecule has 0 fully saturated rings. The van der Waals surface area contributed by atoms with Crippen LogP contribution < -0.4 is 20.7 Å². The van der Waals surface area contributed by atoms with Gasteiger partial charge in [0.15, 0.2) is 0 Å². The minimum absolute atomic E-state index is 0.0682. The third-order valence-corrected chi connectivity index (χ3v) is 3.61. The van der Waals surface area contributed by atoms with Gasteiger partial charge in [-0.05, 0) is 62.7 Å². The molecule has 144 valence electrons. The Kier molecular flexibility index (Phi) is 7.67. The summed E-state index contributed by atoms with van der Waals surface area (Å²) in [6.07, 6.45) is 0.949. The molecule has 0 aliphatic carbocycles. The van der Waals surface area contributed by atoms with Gasteiger partial charge in [-0.25, -0.2) is 0 Å². The van der Waals surface area contributed by atoms with Crippen LogP contribution in [-0.2, 0) is 4.79 Å². The molecule has 3 N–H and O–H groups in total. The average molecular weight is 369 g/mol. The highest BCUT2D eigenvalue weighted by Gasteiger charge is 2.08. The van der Waals surface area contributed by atoms with E-state index in [-0.39, 0.29) is 24.4 Å². The molecule has 27 heavy (non-hydrogen) atoms. The van der Waals surface area contributed by atoms with E-state index in [1.807, 2.05) is 39.0 Å². The number of amides is 2. The Balaban J connectivity index is 1.85. The molecule has 0 spiro atoms. The monoisotopic (exact) mass is 369 g/mol. The average Bonchev–Trinajstić information content (AvgIpc) is 2.65. The Hall–Kier alpha value is -3.02. The zero-order valence-electron chi connectivity index (χ0n) is 16.0. The minimum Gasteiger partial charge on any atom is -0.494 e. The fraction of sp³-hybridized carbons (Fsp3) is 0.333. The van der Waals surface area contributed by atoms with E-state index in [1.54, 1.807) is 30.3 Å². The van der Waals surface area contributed by atoms with Gasteiger partial charge >= 0.3 is 0 Å². The first-order chi connectivity index (χ1) is 13.0. The Morgan fingerprint density at radius 2 is 1.78 bits per heavy atom. The van der Waals surface area contributed by atoms with Gasteiger partial charge in [-0.3, -0.25) is 9.59 Å². The van der Waals surface area contributed by atoms with E-state index >= 15 is 0 Å². The fourth-order valence-electron chi connectivity index (χ4n) is 2.36. The van der Waals surface area contributed by atoms with Crippen LogP contribution in [0.5, 0.6) is 5.75 Å². The van der Waals surface area contributed by atoms with Gasteiger partial charge in [0.1, 0.15) is 5.75 Å². The fourth-order valence-corrected chi connectivity index (χ4v) is 2.36. The van der Waals surface area contributed by atoms with Crippen LogP contribution in [0.1, 0.15) is 37.6 Å². The number of hydrogen-bond donors (Lipinski definition) is 3. The summed E-state index contributed by atoms with van der Waals surface area (Å²) in [5, 5.41) is 8.70. The molecular weight excluding hydrogens is 342 g/mol. The second kappa shape index (κ2) is 10.2. The molecule has 0 saturated carbocycles. The van der Waals surface area contributed by atoms with E-state index in [1.165, 1.54) is 0 Å². The van der Waals surface area contributed by atoms with Crippen molar-refractivity contribution in [3.63, 3.8) is 0 Å². The van der Waals surface area contributed by atoms with Gasteiger partial charge < -0.3 is 20.7 Å². The number of carbonyl (C=O) groups is 2. The predicted molar refractivity (Wildman–Crippen MR) is 108 cm³/mol. The number of ether oxygens (including phenoxy) is 1. The summed E-state index contributed by atoms with van der Waals surface area (Å²) in [5.41, 5.74) is 1.97. The maximum absolute atomic E-state index is 12.1. The normalized spacial score (nSPS) is 10.4. The van der Waals surface area contributed by atoms with Crippen molar-refractivity contribution in [2.24, 2.45) is 0 Å². The molecule has 0 aliphatic heterocycles. The lowest BCUT2D eigenvalue weighted by atomic mass is 10.1.